The van der Waals surface area contributed by atoms with Crippen LogP contribution in [0.4, 0.5) is 13.2 Å². The molecule has 0 fully saturated rings. The average Bonchev–Trinajstić information content (AvgIpc) is 3.46. The number of nitrogens with zero attached hydrogens (tertiary/aromatic N) is 5. The van der Waals surface area contributed by atoms with Crippen LogP contribution in [0.5, 0.6) is 0 Å². The third-order valence-corrected chi connectivity index (χ3v) is 5.34. The zero-order valence-corrected chi connectivity index (χ0v) is 22.0. The van der Waals surface area contributed by atoms with E-state index >= 15 is 0 Å². The Hall–Kier alpha value is -4.20. The molecule has 3 aromatic heterocycles. The maximum absolute atomic E-state index is 12.2. The topological polar surface area (TPSA) is 65.7 Å². The van der Waals surface area contributed by atoms with Crippen molar-refractivity contribution in [2.75, 3.05) is 0 Å². The first-order chi connectivity index (χ1) is 18.0. The first-order valence-electron chi connectivity index (χ1n) is 11.3. The Morgan fingerprint density at radius 1 is 0.711 bits per heavy atom. The molecule has 191 valence electrons. The minimum absolute atomic E-state index is 0. The van der Waals surface area contributed by atoms with E-state index in [1.54, 1.807) is 18.2 Å². The van der Waals surface area contributed by atoms with Gasteiger partial charge in [-0.25, -0.2) is 0 Å². The molecule has 0 aliphatic rings. The van der Waals surface area contributed by atoms with E-state index in [0.29, 0.717) is 5.69 Å². The van der Waals surface area contributed by atoms with Gasteiger partial charge >= 0.3 is 6.18 Å². The SMILES string of the molecule is FC(F)(F)c1cc(-c2ccccn2)[n-]n1.[Ir].[c-]1ccccc1-c1nc2ccccc2nc1-c1ccccc1. The molecule has 5 nitrogen and oxygen atoms in total. The molecule has 0 amide bonds. The summed E-state index contributed by atoms with van der Waals surface area (Å²) in [6, 6.07) is 35.0. The van der Waals surface area contributed by atoms with Crippen LogP contribution >= 0.6 is 0 Å². The molecule has 0 bridgehead atoms. The molecule has 1 radical (unpaired) electrons. The summed E-state index contributed by atoms with van der Waals surface area (Å²) < 4.78 is 36.6. The number of hydrogen-bond acceptors (Lipinski definition) is 4. The molecule has 38 heavy (non-hydrogen) atoms. The molecule has 0 saturated heterocycles. The molecule has 3 aromatic carbocycles. The summed E-state index contributed by atoms with van der Waals surface area (Å²) in [4.78, 5) is 13.5. The number of fused-ring (bicyclic) bond motifs is 1. The molecule has 0 N–H and O–H groups in total. The van der Waals surface area contributed by atoms with Gasteiger partial charge in [-0.15, -0.1) is 35.9 Å². The van der Waals surface area contributed by atoms with Gasteiger partial charge in [0.2, 0.25) is 0 Å². The Bertz CT molecular complexity index is 1530. The van der Waals surface area contributed by atoms with Gasteiger partial charge in [0.05, 0.1) is 16.7 Å². The van der Waals surface area contributed by atoms with E-state index < -0.39 is 11.9 Å². The number of pyridine rings is 1. The molecule has 9 heteroatoms. The summed E-state index contributed by atoms with van der Waals surface area (Å²) >= 11 is 0. The Morgan fingerprint density at radius 2 is 1.37 bits per heavy atom. The smallest absolute Gasteiger partial charge is 0.431 e. The van der Waals surface area contributed by atoms with E-state index in [9.17, 15) is 13.2 Å². The molecule has 3 heterocycles. The van der Waals surface area contributed by atoms with Crippen LogP contribution in [0.15, 0.2) is 109 Å². The third-order valence-electron chi connectivity index (χ3n) is 5.34. The van der Waals surface area contributed by atoms with E-state index in [0.717, 1.165) is 39.6 Å². The number of benzene rings is 3. The van der Waals surface area contributed by atoms with Gasteiger partial charge in [-0.05, 0) is 35.9 Å². The van der Waals surface area contributed by atoms with Crippen molar-refractivity contribution in [3.05, 3.63) is 121 Å². The standard InChI is InChI=1S/C20H13N2.C9H5F3N3.Ir/c1-3-9-15(10-4-1)19-20(16-11-5-2-6-12-16)22-18-14-8-7-13-17(18)21-19;10-9(11,12)8-5-7(14-15-8)6-3-1-2-4-13-6;/h1-11,13-14H;1-5H;/q2*-1;. The number of rotatable bonds is 3. The predicted molar refractivity (Wildman–Crippen MR) is 135 cm³/mol. The van der Waals surface area contributed by atoms with Crippen molar-refractivity contribution in [3.8, 4) is 33.9 Å². The van der Waals surface area contributed by atoms with Crippen molar-refractivity contribution in [2.45, 2.75) is 6.18 Å². The van der Waals surface area contributed by atoms with E-state index in [2.05, 4.69) is 33.4 Å². The molecular weight excluding hydrogens is 668 g/mol. The van der Waals surface area contributed by atoms with Gasteiger partial charge in [0.25, 0.3) is 0 Å². The molecule has 0 spiro atoms. The third kappa shape index (κ3) is 6.19. The number of alkyl halides is 3. The summed E-state index contributed by atoms with van der Waals surface area (Å²) in [5.74, 6) is 0. The largest absolute Gasteiger partial charge is 0.573 e. The van der Waals surface area contributed by atoms with Crippen LogP contribution in [0.1, 0.15) is 5.69 Å². The number of aromatic nitrogens is 5. The Labute approximate surface area is 230 Å². The summed E-state index contributed by atoms with van der Waals surface area (Å²) in [6.45, 7) is 0. The fraction of sp³-hybridized carbons (Fsp3) is 0.0345. The van der Waals surface area contributed by atoms with Gasteiger partial charge in [-0.2, -0.15) is 13.2 Å². The summed E-state index contributed by atoms with van der Waals surface area (Å²) in [5, 5.41) is 6.47. The Kier molecular flexibility index (Phi) is 8.41. The van der Waals surface area contributed by atoms with Gasteiger partial charge in [0.15, 0.2) is 0 Å². The first-order valence-corrected chi connectivity index (χ1v) is 11.3. The van der Waals surface area contributed by atoms with Crippen LogP contribution in [0, 0.1) is 6.07 Å². The molecule has 0 saturated carbocycles. The minimum atomic E-state index is -4.46. The average molecular weight is 686 g/mol. The second-order valence-corrected chi connectivity index (χ2v) is 7.88. The quantitative estimate of drug-likeness (QED) is 0.190. The Morgan fingerprint density at radius 3 is 1.97 bits per heavy atom. The molecule has 0 aliphatic carbocycles. The van der Waals surface area contributed by atoms with E-state index in [4.69, 9.17) is 9.97 Å². The van der Waals surface area contributed by atoms with Crippen LogP contribution in [-0.2, 0) is 26.3 Å². The second-order valence-electron chi connectivity index (χ2n) is 7.88. The number of halogens is 3. The van der Waals surface area contributed by atoms with Gasteiger partial charge in [-0.3, -0.25) is 15.0 Å². The predicted octanol–water partition coefficient (Wildman–Crippen LogP) is 6.88. The van der Waals surface area contributed by atoms with Crippen molar-refractivity contribution >= 4 is 11.0 Å². The maximum atomic E-state index is 12.2. The van der Waals surface area contributed by atoms with E-state index in [1.165, 1.54) is 6.20 Å². The van der Waals surface area contributed by atoms with Crippen molar-refractivity contribution in [2.24, 2.45) is 0 Å². The Balaban J connectivity index is 0.000000185. The van der Waals surface area contributed by atoms with Crippen molar-refractivity contribution < 1.29 is 33.3 Å². The van der Waals surface area contributed by atoms with Crippen LogP contribution in [-0.4, -0.2) is 20.1 Å². The first kappa shape index (κ1) is 26.9. The molecule has 6 rings (SSSR count). The maximum Gasteiger partial charge on any atom is 0.431 e. The van der Waals surface area contributed by atoms with Crippen molar-refractivity contribution in [1.29, 1.82) is 0 Å². The van der Waals surface area contributed by atoms with E-state index in [1.807, 2.05) is 66.7 Å². The van der Waals surface area contributed by atoms with E-state index in [-0.39, 0.29) is 25.8 Å². The summed E-state index contributed by atoms with van der Waals surface area (Å²) in [5.41, 5.74) is 5.09. The summed E-state index contributed by atoms with van der Waals surface area (Å²) in [6.07, 6.45) is -2.97. The van der Waals surface area contributed by atoms with Gasteiger partial charge in [0.1, 0.15) is 5.69 Å². The zero-order chi connectivity index (χ0) is 25.7. The molecule has 0 aliphatic heterocycles. The molecule has 0 unspecified atom stereocenters. The number of para-hydroxylation sites is 2. The molecule has 6 aromatic rings. The normalized spacial score (nSPS) is 10.8. The van der Waals surface area contributed by atoms with Crippen LogP contribution in [0.3, 0.4) is 0 Å². The van der Waals surface area contributed by atoms with Crippen LogP contribution < -0.4 is 5.10 Å². The van der Waals surface area contributed by atoms with Crippen LogP contribution in [0.2, 0.25) is 0 Å². The minimum Gasteiger partial charge on any atom is -0.573 e. The van der Waals surface area contributed by atoms with Crippen molar-refractivity contribution in [1.82, 2.24) is 25.1 Å². The van der Waals surface area contributed by atoms with Gasteiger partial charge in [-0.1, -0.05) is 54.2 Å². The second kappa shape index (κ2) is 11.9. The molecule has 0 atom stereocenters. The zero-order valence-electron chi connectivity index (χ0n) is 19.6. The van der Waals surface area contributed by atoms with Crippen molar-refractivity contribution in [3.63, 3.8) is 0 Å². The van der Waals surface area contributed by atoms with Gasteiger partial charge < -0.3 is 10.2 Å². The van der Waals surface area contributed by atoms with Crippen LogP contribution in [0.25, 0.3) is 44.9 Å². The van der Waals surface area contributed by atoms with Gasteiger partial charge in [0, 0.05) is 37.7 Å². The molecular formula is C29H18F3IrN5-2. The number of hydrogen-bond donors (Lipinski definition) is 0. The fourth-order valence-electron chi connectivity index (χ4n) is 3.60. The monoisotopic (exact) mass is 686 g/mol. The fourth-order valence-corrected chi connectivity index (χ4v) is 3.60. The summed E-state index contributed by atoms with van der Waals surface area (Å²) in [7, 11) is 0.